The summed E-state index contributed by atoms with van der Waals surface area (Å²) in [4.78, 5) is 45.0. The summed E-state index contributed by atoms with van der Waals surface area (Å²) in [5.74, 6) is -9.49. The second-order valence-electron chi connectivity index (χ2n) is 30.5. The zero-order valence-electron chi connectivity index (χ0n) is 53.2. The minimum absolute atomic E-state index is 0.257. The smallest absolute Gasteiger partial charge is 0.315 e. The largest absolute Gasteiger partial charge is 0.458 e. The van der Waals surface area contributed by atoms with Crippen molar-refractivity contribution in [1.29, 1.82) is 0 Å². The number of alkyl halides is 4. The van der Waals surface area contributed by atoms with Crippen LogP contribution in [0.5, 0.6) is 0 Å². The Labute approximate surface area is 449 Å². The van der Waals surface area contributed by atoms with Crippen LogP contribution >= 0.6 is 0 Å². The lowest BCUT2D eigenvalue weighted by atomic mass is 9.74. The first kappa shape index (κ1) is 80.3. The lowest BCUT2D eigenvalue weighted by Crippen LogP contribution is -2.56. The van der Waals surface area contributed by atoms with Gasteiger partial charge in [-0.3, -0.25) is 19.2 Å². The van der Waals surface area contributed by atoms with E-state index in [1.165, 1.54) is 27.7 Å². The zero-order chi connectivity index (χ0) is 61.8. The molecular weight excluding hydrogens is 965 g/mol. The van der Waals surface area contributed by atoms with Gasteiger partial charge in [-0.2, -0.15) is 17.6 Å². The van der Waals surface area contributed by atoms with Gasteiger partial charge in [0.1, 0.15) is 24.4 Å². The number of aliphatic hydroxyl groups is 4. The Morgan fingerprint density at radius 2 is 0.378 bits per heavy atom. The van der Waals surface area contributed by atoms with Crippen molar-refractivity contribution in [2.45, 2.75) is 296 Å². The average molecular weight is 1080 g/mol. The van der Waals surface area contributed by atoms with Crippen LogP contribution in [0.4, 0.5) is 17.6 Å². The first-order valence-corrected chi connectivity index (χ1v) is 25.8. The monoisotopic (exact) mass is 1080 g/mol. The fraction of sp³-hybridized carbons (Fsp3) is 0.931. The van der Waals surface area contributed by atoms with Crippen LogP contribution in [-0.4, -0.2) is 105 Å². The molecule has 0 bridgehead atoms. The number of carbonyl (C=O) groups is 4. The van der Waals surface area contributed by atoms with E-state index in [9.17, 15) is 57.2 Å². The second-order valence-corrected chi connectivity index (χ2v) is 30.5. The Kier molecular flexibility index (Phi) is 30.8. The van der Waals surface area contributed by atoms with E-state index in [1.54, 1.807) is 0 Å². The molecule has 0 aliphatic heterocycles. The van der Waals surface area contributed by atoms with Crippen LogP contribution in [0.1, 0.15) is 235 Å². The molecule has 12 nitrogen and oxygen atoms in total. The minimum Gasteiger partial charge on any atom is -0.458 e. The molecule has 16 heteroatoms. The molecule has 0 saturated carbocycles. The minimum atomic E-state index is -4.02. The van der Waals surface area contributed by atoms with Gasteiger partial charge >= 0.3 is 35.7 Å². The molecule has 0 aliphatic rings. The molecule has 0 rings (SSSR count). The lowest BCUT2D eigenvalue weighted by Gasteiger charge is -2.42. The summed E-state index contributed by atoms with van der Waals surface area (Å²) in [5.41, 5.74) is -5.75. The van der Waals surface area contributed by atoms with Gasteiger partial charge in [-0.1, -0.05) is 208 Å². The van der Waals surface area contributed by atoms with Gasteiger partial charge in [-0.15, -0.1) is 0 Å². The predicted molar refractivity (Wildman–Crippen MR) is 291 cm³/mol. The fourth-order valence-electron chi connectivity index (χ4n) is 6.32. The third-order valence-corrected chi connectivity index (χ3v) is 11.6. The molecule has 4 unspecified atom stereocenters. The van der Waals surface area contributed by atoms with Crippen LogP contribution in [0.3, 0.4) is 0 Å². The summed E-state index contributed by atoms with van der Waals surface area (Å²) in [5, 5.41) is 39.0. The van der Waals surface area contributed by atoms with Gasteiger partial charge in [0.05, 0.1) is 24.4 Å². The van der Waals surface area contributed by atoms with Crippen LogP contribution in [0, 0.1) is 54.1 Å². The number of rotatable bonds is 9. The van der Waals surface area contributed by atoms with E-state index >= 15 is 0 Å². The van der Waals surface area contributed by atoms with Crippen LogP contribution in [0.15, 0.2) is 0 Å². The number of aliphatic hydroxyl groups excluding tert-OH is 4. The summed E-state index contributed by atoms with van der Waals surface area (Å²) in [6.07, 6.45) is -4.57. The Morgan fingerprint density at radius 3 is 0.432 bits per heavy atom. The molecule has 0 aromatic carbocycles. The van der Waals surface area contributed by atoms with Crippen molar-refractivity contribution in [2.24, 2.45) is 54.1 Å². The molecule has 0 aliphatic carbocycles. The maximum absolute atomic E-state index is 13.5. The fourth-order valence-corrected chi connectivity index (χ4v) is 6.32. The van der Waals surface area contributed by atoms with E-state index in [2.05, 4.69) is 0 Å². The quantitative estimate of drug-likeness (QED) is 0.0974. The second kappa shape index (κ2) is 28.4. The van der Waals surface area contributed by atoms with Gasteiger partial charge in [0, 0.05) is 60.2 Å². The van der Waals surface area contributed by atoms with Gasteiger partial charge in [-0.25, -0.2) is 0 Å². The molecule has 0 radical (unpaired) electrons. The predicted octanol–water partition coefficient (Wildman–Crippen LogP) is 13.8. The summed E-state index contributed by atoms with van der Waals surface area (Å²) in [6.45, 7) is 58.8. The van der Waals surface area contributed by atoms with Crippen LogP contribution in [0.2, 0.25) is 0 Å². The van der Waals surface area contributed by atoms with Crippen molar-refractivity contribution in [1.82, 2.24) is 0 Å². The molecular formula is C58H114F4O12. The summed E-state index contributed by atoms with van der Waals surface area (Å²) < 4.78 is 75.4. The molecule has 0 aromatic heterocycles. The van der Waals surface area contributed by atoms with E-state index in [0.717, 1.165) is 41.5 Å². The first-order valence-electron chi connectivity index (χ1n) is 25.8. The highest BCUT2D eigenvalue weighted by Crippen LogP contribution is 2.54. The van der Waals surface area contributed by atoms with E-state index < -0.39 is 71.5 Å². The highest BCUT2D eigenvalue weighted by molar-refractivity contribution is 5.68. The number of hydrogen-bond donors (Lipinski definition) is 4. The molecule has 0 aromatic rings. The summed E-state index contributed by atoms with van der Waals surface area (Å²) in [7, 11) is 0. The Hall–Kier alpha value is -2.56. The van der Waals surface area contributed by atoms with E-state index in [0.29, 0.717) is 0 Å². The topological polar surface area (TPSA) is 186 Å². The molecule has 4 N–H and O–H groups in total. The van der Waals surface area contributed by atoms with Gasteiger partial charge < -0.3 is 39.4 Å². The van der Waals surface area contributed by atoms with Crippen LogP contribution in [0.25, 0.3) is 0 Å². The molecule has 0 fully saturated rings. The van der Waals surface area contributed by atoms with E-state index in [-0.39, 0.29) is 67.2 Å². The van der Waals surface area contributed by atoms with Crippen molar-refractivity contribution in [2.75, 3.05) is 0 Å². The van der Waals surface area contributed by atoms with Gasteiger partial charge in [0.15, 0.2) is 0 Å². The van der Waals surface area contributed by atoms with Gasteiger partial charge in [-0.05, 0) is 21.7 Å². The first-order chi connectivity index (χ1) is 31.6. The molecule has 0 amide bonds. The Bertz CT molecular complexity index is 1450. The summed E-state index contributed by atoms with van der Waals surface area (Å²) in [6, 6.07) is 0. The zero-order valence-corrected chi connectivity index (χ0v) is 53.2. The van der Waals surface area contributed by atoms with Crippen molar-refractivity contribution in [3.05, 3.63) is 0 Å². The standard InChI is InChI=1S/2C14H26O4.C10H18F4.2C10H22O2/c2*1-9(15)17-11(13(3,4)5)12(14(6,7)8)18-10(2)16;1-7(2,3)9(11,12)10(13,14)8(4,5)6;2*1-9(2,3)7(11)8(12)10(4,5)6/h2*11-12H,1-8H3;1-6H3;2*7-8,11-12H,1-6H3/t11-,12-;;;7-,8-;/m0..0./s1. The van der Waals surface area contributed by atoms with Crippen molar-refractivity contribution in [3.63, 3.8) is 0 Å². The molecule has 0 spiro atoms. The molecule has 74 heavy (non-hydrogen) atoms. The number of hydrogen-bond acceptors (Lipinski definition) is 12. The number of esters is 4. The highest BCUT2D eigenvalue weighted by atomic mass is 19.3. The van der Waals surface area contributed by atoms with Crippen LogP contribution < -0.4 is 0 Å². The average Bonchev–Trinajstić information content (AvgIpc) is 3.09. The lowest BCUT2D eigenvalue weighted by molar-refractivity contribution is -0.295. The maximum Gasteiger partial charge on any atom is 0.315 e. The third kappa shape index (κ3) is 29.8. The normalized spacial score (nSPS) is 16.8. The number of carbonyl (C=O) groups excluding carboxylic acids is 4. The number of ether oxygens (including phenoxy) is 4. The number of halogens is 4. The van der Waals surface area contributed by atoms with Crippen molar-refractivity contribution in [3.8, 4) is 0 Å². The third-order valence-electron chi connectivity index (χ3n) is 11.6. The summed E-state index contributed by atoms with van der Waals surface area (Å²) >= 11 is 0. The van der Waals surface area contributed by atoms with E-state index in [1.807, 2.05) is 166 Å². The Morgan fingerprint density at radius 1 is 0.270 bits per heavy atom. The molecule has 446 valence electrons. The van der Waals surface area contributed by atoms with Gasteiger partial charge in [0.2, 0.25) is 0 Å². The van der Waals surface area contributed by atoms with Gasteiger partial charge in [0.25, 0.3) is 0 Å². The van der Waals surface area contributed by atoms with Crippen molar-refractivity contribution < 1.29 is 76.1 Å². The Balaban J connectivity index is -0.000000271. The molecule has 0 saturated heterocycles. The van der Waals surface area contributed by atoms with Crippen molar-refractivity contribution >= 4 is 23.9 Å². The molecule has 0 heterocycles. The highest BCUT2D eigenvalue weighted by Gasteiger charge is 2.67. The van der Waals surface area contributed by atoms with Crippen LogP contribution in [-0.2, 0) is 38.1 Å². The van der Waals surface area contributed by atoms with E-state index in [4.69, 9.17) is 18.9 Å². The maximum atomic E-state index is 13.5. The molecule has 8 atom stereocenters. The SMILES string of the molecule is CC(=O)OC(C(OC(C)=O)C(C)(C)C)C(C)(C)C.CC(=O)O[C@@H]([C@H](OC(C)=O)C(C)(C)C)C(C)(C)C.CC(C)(C)C(F)(F)C(F)(F)C(C)(C)C.CC(C)(C)C(O)C(O)C(C)(C)C.CC(C)(C)[C@@H](O)[C@H](O)C(C)(C)C.